The van der Waals surface area contributed by atoms with Crippen molar-refractivity contribution in [2.45, 2.75) is 19.4 Å². The van der Waals surface area contributed by atoms with E-state index in [1.165, 1.54) is 30.8 Å². The molecule has 0 spiro atoms. The maximum Gasteiger partial charge on any atom is 0.122 e. The van der Waals surface area contributed by atoms with Gasteiger partial charge in [-0.15, -0.1) is 0 Å². The van der Waals surface area contributed by atoms with Gasteiger partial charge in [0.15, 0.2) is 0 Å². The lowest BCUT2D eigenvalue weighted by Gasteiger charge is -2.36. The average molecular weight is 337 g/mol. The second-order valence-electron chi connectivity index (χ2n) is 7.25. The molecular formula is C21H27N3O. The van der Waals surface area contributed by atoms with Gasteiger partial charge < -0.3 is 9.64 Å². The lowest BCUT2D eigenvalue weighted by molar-refractivity contribution is 0.109. The maximum atomic E-state index is 5.92. The zero-order valence-corrected chi connectivity index (χ0v) is 14.8. The highest BCUT2D eigenvalue weighted by atomic mass is 16.5. The summed E-state index contributed by atoms with van der Waals surface area (Å²) in [7, 11) is 0. The molecule has 0 bridgehead atoms. The van der Waals surface area contributed by atoms with Gasteiger partial charge in [0.1, 0.15) is 5.75 Å². The lowest BCUT2D eigenvalue weighted by atomic mass is 9.96. The SMILES string of the molecule is c1cncc(CN2CCN(C[C@H]3CCOc4ccccc4C3)CC2)c1. The fourth-order valence-corrected chi connectivity index (χ4v) is 3.96. The zero-order valence-electron chi connectivity index (χ0n) is 14.8. The minimum Gasteiger partial charge on any atom is -0.493 e. The molecule has 1 fully saturated rings. The third-order valence-corrected chi connectivity index (χ3v) is 5.38. The van der Waals surface area contributed by atoms with Crippen LogP contribution in [0, 0.1) is 5.92 Å². The quantitative estimate of drug-likeness (QED) is 0.858. The van der Waals surface area contributed by atoms with Crippen LogP contribution in [0.3, 0.4) is 0 Å². The van der Waals surface area contributed by atoms with E-state index in [9.17, 15) is 0 Å². The second-order valence-corrected chi connectivity index (χ2v) is 7.25. The highest BCUT2D eigenvalue weighted by Gasteiger charge is 2.23. The van der Waals surface area contributed by atoms with Crippen molar-refractivity contribution in [2.75, 3.05) is 39.3 Å². The Morgan fingerprint density at radius 3 is 2.68 bits per heavy atom. The lowest BCUT2D eigenvalue weighted by Crippen LogP contribution is -2.47. The van der Waals surface area contributed by atoms with Crippen LogP contribution in [0.1, 0.15) is 17.5 Å². The van der Waals surface area contributed by atoms with Gasteiger partial charge in [0.2, 0.25) is 0 Å². The molecule has 25 heavy (non-hydrogen) atoms. The van der Waals surface area contributed by atoms with Crippen molar-refractivity contribution in [3.8, 4) is 5.75 Å². The topological polar surface area (TPSA) is 28.6 Å². The summed E-state index contributed by atoms with van der Waals surface area (Å²) in [5.41, 5.74) is 2.69. The smallest absolute Gasteiger partial charge is 0.122 e. The standard InChI is InChI=1S/C21H27N3O/c1-2-6-21-20(5-1)14-18(7-13-25-21)16-23-9-11-24(12-10-23)17-19-4-3-8-22-15-19/h1-6,8,15,18H,7,9-14,16-17H2/t18-/m0/s1. The van der Waals surface area contributed by atoms with Gasteiger partial charge in [0.05, 0.1) is 6.61 Å². The molecule has 0 aliphatic carbocycles. The number of piperazine rings is 1. The van der Waals surface area contributed by atoms with Gasteiger partial charge in [-0.1, -0.05) is 24.3 Å². The van der Waals surface area contributed by atoms with E-state index in [1.807, 2.05) is 18.5 Å². The summed E-state index contributed by atoms with van der Waals surface area (Å²) < 4.78 is 5.92. The fourth-order valence-electron chi connectivity index (χ4n) is 3.96. The summed E-state index contributed by atoms with van der Waals surface area (Å²) in [6, 6.07) is 12.7. The van der Waals surface area contributed by atoms with E-state index in [4.69, 9.17) is 4.74 Å². The van der Waals surface area contributed by atoms with Crippen LogP contribution in [0.25, 0.3) is 0 Å². The minimum atomic E-state index is 0.702. The van der Waals surface area contributed by atoms with Crippen molar-refractivity contribution in [3.63, 3.8) is 0 Å². The van der Waals surface area contributed by atoms with Crippen molar-refractivity contribution in [1.82, 2.24) is 14.8 Å². The molecule has 2 aliphatic heterocycles. The number of pyridine rings is 1. The van der Waals surface area contributed by atoms with E-state index >= 15 is 0 Å². The van der Waals surface area contributed by atoms with Crippen LogP contribution in [0.15, 0.2) is 48.8 Å². The van der Waals surface area contributed by atoms with Gasteiger partial charge in [-0.3, -0.25) is 9.88 Å². The van der Waals surface area contributed by atoms with E-state index in [0.717, 1.165) is 44.8 Å². The summed E-state index contributed by atoms with van der Waals surface area (Å²) in [5.74, 6) is 1.79. The Balaban J connectivity index is 1.27. The van der Waals surface area contributed by atoms with E-state index in [0.29, 0.717) is 5.92 Å². The first-order valence-electron chi connectivity index (χ1n) is 9.41. The molecule has 0 unspecified atom stereocenters. The molecule has 0 saturated carbocycles. The Bertz CT molecular complexity index is 668. The maximum absolute atomic E-state index is 5.92. The molecular weight excluding hydrogens is 310 g/mol. The number of aromatic nitrogens is 1. The van der Waals surface area contributed by atoms with Gasteiger partial charge in [-0.25, -0.2) is 0 Å². The monoisotopic (exact) mass is 337 g/mol. The van der Waals surface area contributed by atoms with E-state index < -0.39 is 0 Å². The Morgan fingerprint density at radius 1 is 1.00 bits per heavy atom. The number of para-hydroxylation sites is 1. The van der Waals surface area contributed by atoms with Crippen LogP contribution in [-0.2, 0) is 13.0 Å². The predicted molar refractivity (Wildman–Crippen MR) is 99.7 cm³/mol. The Morgan fingerprint density at radius 2 is 1.84 bits per heavy atom. The van der Waals surface area contributed by atoms with Crippen LogP contribution < -0.4 is 4.74 Å². The Labute approximate surface area is 150 Å². The van der Waals surface area contributed by atoms with Gasteiger partial charge in [0, 0.05) is 51.7 Å². The molecule has 0 N–H and O–H groups in total. The van der Waals surface area contributed by atoms with Gasteiger partial charge >= 0.3 is 0 Å². The summed E-state index contributed by atoms with van der Waals surface area (Å²) in [6.45, 7) is 7.69. The van der Waals surface area contributed by atoms with E-state index in [-0.39, 0.29) is 0 Å². The van der Waals surface area contributed by atoms with Crippen LogP contribution >= 0.6 is 0 Å². The van der Waals surface area contributed by atoms with Crippen molar-refractivity contribution < 1.29 is 4.74 Å². The number of hydrogen-bond acceptors (Lipinski definition) is 4. The Kier molecular flexibility index (Phi) is 5.28. The number of benzene rings is 1. The third kappa shape index (κ3) is 4.39. The number of ether oxygens (including phenoxy) is 1. The molecule has 0 radical (unpaired) electrons. The van der Waals surface area contributed by atoms with Crippen LogP contribution in [0.2, 0.25) is 0 Å². The third-order valence-electron chi connectivity index (χ3n) is 5.38. The minimum absolute atomic E-state index is 0.702. The first-order chi connectivity index (χ1) is 12.4. The van der Waals surface area contributed by atoms with Crippen molar-refractivity contribution in [3.05, 3.63) is 59.9 Å². The molecule has 2 aliphatic rings. The Hall–Kier alpha value is -1.91. The molecule has 1 saturated heterocycles. The van der Waals surface area contributed by atoms with Gasteiger partial charge in [-0.2, -0.15) is 0 Å². The first kappa shape index (κ1) is 16.6. The summed E-state index contributed by atoms with van der Waals surface area (Å²) in [6.07, 6.45) is 6.13. The summed E-state index contributed by atoms with van der Waals surface area (Å²) in [4.78, 5) is 9.40. The number of rotatable bonds is 4. The van der Waals surface area contributed by atoms with Gasteiger partial charge in [0.25, 0.3) is 0 Å². The molecule has 4 rings (SSSR count). The largest absolute Gasteiger partial charge is 0.493 e. The highest BCUT2D eigenvalue weighted by Crippen LogP contribution is 2.27. The average Bonchev–Trinajstić information content (AvgIpc) is 2.86. The molecule has 1 aromatic carbocycles. The number of nitrogens with zero attached hydrogens (tertiary/aromatic N) is 3. The first-order valence-corrected chi connectivity index (χ1v) is 9.41. The molecule has 3 heterocycles. The zero-order chi connectivity index (χ0) is 16.9. The normalized spacial score (nSPS) is 22.0. The molecule has 4 nitrogen and oxygen atoms in total. The fraction of sp³-hybridized carbons (Fsp3) is 0.476. The molecule has 2 aromatic rings. The second kappa shape index (κ2) is 7.98. The molecule has 1 atom stereocenters. The van der Waals surface area contributed by atoms with Gasteiger partial charge in [-0.05, 0) is 42.0 Å². The molecule has 1 aromatic heterocycles. The summed E-state index contributed by atoms with van der Waals surface area (Å²) >= 11 is 0. The number of fused-ring (bicyclic) bond motifs is 1. The van der Waals surface area contributed by atoms with Crippen molar-refractivity contribution in [2.24, 2.45) is 5.92 Å². The van der Waals surface area contributed by atoms with Crippen LogP contribution in [0.5, 0.6) is 5.75 Å². The predicted octanol–water partition coefficient (Wildman–Crippen LogP) is 2.84. The molecule has 0 amide bonds. The highest BCUT2D eigenvalue weighted by molar-refractivity contribution is 5.34. The summed E-state index contributed by atoms with van der Waals surface area (Å²) in [5, 5.41) is 0. The number of hydrogen-bond donors (Lipinski definition) is 0. The molecule has 132 valence electrons. The van der Waals surface area contributed by atoms with E-state index in [1.54, 1.807) is 0 Å². The van der Waals surface area contributed by atoms with Crippen molar-refractivity contribution in [1.29, 1.82) is 0 Å². The van der Waals surface area contributed by atoms with Crippen LogP contribution in [0.4, 0.5) is 0 Å². The van der Waals surface area contributed by atoms with E-state index in [2.05, 4.69) is 45.1 Å². The van der Waals surface area contributed by atoms with Crippen LogP contribution in [-0.4, -0.2) is 54.1 Å². The van der Waals surface area contributed by atoms with Crippen molar-refractivity contribution >= 4 is 0 Å². The molecule has 4 heteroatoms.